The second kappa shape index (κ2) is 12.0. The Labute approximate surface area is 179 Å². The van der Waals surface area contributed by atoms with E-state index in [2.05, 4.69) is 34.1 Å². The Balaban J connectivity index is 0.00000196. The van der Waals surface area contributed by atoms with E-state index >= 15 is 0 Å². The number of carbonyl (C=O) groups is 2. The molecule has 2 aromatic carbocycles. The lowest BCUT2D eigenvalue weighted by atomic mass is 10.0. The number of piperazine rings is 1. The molecule has 0 aliphatic carbocycles. The van der Waals surface area contributed by atoms with E-state index in [9.17, 15) is 9.59 Å². The summed E-state index contributed by atoms with van der Waals surface area (Å²) >= 11 is 0. The first kappa shape index (κ1) is 24.3. The molecule has 28 heavy (non-hydrogen) atoms. The topological polar surface area (TPSA) is 40.6 Å². The van der Waals surface area contributed by atoms with Gasteiger partial charge in [-0.25, -0.2) is 0 Å². The van der Waals surface area contributed by atoms with Crippen molar-refractivity contribution in [3.63, 3.8) is 0 Å². The number of ketones is 2. The van der Waals surface area contributed by atoms with Gasteiger partial charge in [0, 0.05) is 56.8 Å². The summed E-state index contributed by atoms with van der Waals surface area (Å²) in [6.45, 7) is 7.41. The van der Waals surface area contributed by atoms with Crippen molar-refractivity contribution in [1.82, 2.24) is 9.80 Å². The van der Waals surface area contributed by atoms with Gasteiger partial charge in [-0.2, -0.15) is 0 Å². The van der Waals surface area contributed by atoms with Gasteiger partial charge in [-0.3, -0.25) is 14.5 Å². The minimum atomic E-state index is 0. The van der Waals surface area contributed by atoms with E-state index in [1.165, 1.54) is 12.5 Å². The number of hydrogen-bond acceptors (Lipinski definition) is 4. The first-order valence-electron chi connectivity index (χ1n) is 9.24. The monoisotopic (exact) mass is 422 g/mol. The highest BCUT2D eigenvalue weighted by Gasteiger charge is 2.18. The van der Waals surface area contributed by atoms with Crippen molar-refractivity contribution in [1.29, 1.82) is 0 Å². The average molecular weight is 423 g/mol. The summed E-state index contributed by atoms with van der Waals surface area (Å²) in [4.78, 5) is 28.5. The highest BCUT2D eigenvalue weighted by molar-refractivity contribution is 5.98. The van der Waals surface area contributed by atoms with Gasteiger partial charge in [0.25, 0.3) is 0 Å². The molecule has 1 aliphatic rings. The van der Waals surface area contributed by atoms with Gasteiger partial charge < -0.3 is 4.90 Å². The van der Waals surface area contributed by atoms with Crippen LogP contribution < -0.4 is 0 Å². The SMILES string of the molecule is CC(=O)c1ccc(C(=O)CCN2CCN(Cc3ccccc3)CC2)cc1.Cl.Cl. The molecule has 0 spiro atoms. The van der Waals surface area contributed by atoms with Crippen LogP contribution >= 0.6 is 24.8 Å². The lowest BCUT2D eigenvalue weighted by molar-refractivity contribution is 0.0921. The summed E-state index contributed by atoms with van der Waals surface area (Å²) in [5.41, 5.74) is 2.69. The second-order valence-corrected chi connectivity index (χ2v) is 6.91. The summed E-state index contributed by atoms with van der Waals surface area (Å²) in [7, 11) is 0. The minimum Gasteiger partial charge on any atom is -0.300 e. The average Bonchev–Trinajstić information content (AvgIpc) is 2.68. The normalized spacial score (nSPS) is 14.6. The molecule has 0 saturated carbocycles. The zero-order valence-electron chi connectivity index (χ0n) is 16.2. The number of halogens is 2. The molecular formula is C22H28Cl2N2O2. The van der Waals surface area contributed by atoms with Gasteiger partial charge >= 0.3 is 0 Å². The van der Waals surface area contributed by atoms with E-state index in [-0.39, 0.29) is 36.4 Å². The van der Waals surface area contributed by atoms with Crippen molar-refractivity contribution in [3.8, 4) is 0 Å². The van der Waals surface area contributed by atoms with Crippen LogP contribution in [0, 0.1) is 0 Å². The zero-order chi connectivity index (χ0) is 18.4. The third-order valence-corrected chi connectivity index (χ3v) is 4.98. The van der Waals surface area contributed by atoms with Crippen LogP contribution in [0.3, 0.4) is 0 Å². The number of hydrogen-bond donors (Lipinski definition) is 0. The fraction of sp³-hybridized carbons (Fsp3) is 0.364. The molecule has 6 heteroatoms. The molecule has 0 radical (unpaired) electrons. The van der Waals surface area contributed by atoms with Crippen LogP contribution in [0.15, 0.2) is 54.6 Å². The Morgan fingerprint density at radius 2 is 1.32 bits per heavy atom. The lowest BCUT2D eigenvalue weighted by Crippen LogP contribution is -2.46. The van der Waals surface area contributed by atoms with Crippen molar-refractivity contribution in [2.24, 2.45) is 0 Å². The molecule has 1 aliphatic heterocycles. The predicted molar refractivity (Wildman–Crippen MR) is 118 cm³/mol. The molecular weight excluding hydrogens is 395 g/mol. The largest absolute Gasteiger partial charge is 0.300 e. The Hall–Kier alpha value is -1.72. The van der Waals surface area contributed by atoms with Gasteiger partial charge in [0.05, 0.1) is 0 Å². The van der Waals surface area contributed by atoms with Crippen LogP contribution in [0.4, 0.5) is 0 Å². The number of nitrogens with zero attached hydrogens (tertiary/aromatic N) is 2. The molecule has 152 valence electrons. The summed E-state index contributed by atoms with van der Waals surface area (Å²) in [5.74, 6) is 0.171. The van der Waals surface area contributed by atoms with Gasteiger partial charge in [0.15, 0.2) is 11.6 Å². The van der Waals surface area contributed by atoms with E-state index in [1.807, 2.05) is 6.07 Å². The Morgan fingerprint density at radius 3 is 1.89 bits per heavy atom. The molecule has 4 nitrogen and oxygen atoms in total. The van der Waals surface area contributed by atoms with E-state index in [1.54, 1.807) is 24.3 Å². The summed E-state index contributed by atoms with van der Waals surface area (Å²) < 4.78 is 0. The second-order valence-electron chi connectivity index (χ2n) is 6.91. The molecule has 0 atom stereocenters. The van der Waals surface area contributed by atoms with Gasteiger partial charge in [-0.1, -0.05) is 54.6 Å². The predicted octanol–water partition coefficient (Wildman–Crippen LogP) is 4.12. The fourth-order valence-corrected chi connectivity index (χ4v) is 3.31. The van der Waals surface area contributed by atoms with Crippen molar-refractivity contribution in [3.05, 3.63) is 71.3 Å². The lowest BCUT2D eigenvalue weighted by Gasteiger charge is -2.34. The molecule has 0 unspecified atom stereocenters. The van der Waals surface area contributed by atoms with Gasteiger partial charge in [0.1, 0.15) is 0 Å². The van der Waals surface area contributed by atoms with Gasteiger partial charge in [0.2, 0.25) is 0 Å². The number of rotatable bonds is 7. The van der Waals surface area contributed by atoms with Gasteiger partial charge in [-0.15, -0.1) is 24.8 Å². The van der Waals surface area contributed by atoms with Crippen molar-refractivity contribution in [2.75, 3.05) is 32.7 Å². The Kier molecular flexibility index (Phi) is 10.4. The first-order chi connectivity index (χ1) is 12.6. The maximum atomic E-state index is 12.4. The number of carbonyl (C=O) groups excluding carboxylic acids is 2. The highest BCUT2D eigenvalue weighted by Crippen LogP contribution is 2.11. The molecule has 0 amide bonds. The maximum Gasteiger partial charge on any atom is 0.164 e. The quantitative estimate of drug-likeness (QED) is 0.629. The zero-order valence-corrected chi connectivity index (χ0v) is 17.8. The van der Waals surface area contributed by atoms with E-state index in [0.717, 1.165) is 39.3 Å². The first-order valence-corrected chi connectivity index (χ1v) is 9.24. The summed E-state index contributed by atoms with van der Waals surface area (Å²) in [5, 5.41) is 0. The molecule has 0 N–H and O–H groups in total. The maximum absolute atomic E-state index is 12.4. The Bertz CT molecular complexity index is 743. The highest BCUT2D eigenvalue weighted by atomic mass is 35.5. The van der Waals surface area contributed by atoms with Crippen LogP contribution in [0.25, 0.3) is 0 Å². The summed E-state index contributed by atoms with van der Waals surface area (Å²) in [6, 6.07) is 17.5. The van der Waals surface area contributed by atoms with Crippen LogP contribution in [0.2, 0.25) is 0 Å². The fourth-order valence-electron chi connectivity index (χ4n) is 3.31. The van der Waals surface area contributed by atoms with Crippen LogP contribution in [0.1, 0.15) is 39.6 Å². The molecule has 1 heterocycles. The third-order valence-electron chi connectivity index (χ3n) is 4.98. The van der Waals surface area contributed by atoms with Crippen LogP contribution in [-0.2, 0) is 6.54 Å². The minimum absolute atomic E-state index is 0. The molecule has 3 rings (SSSR count). The Morgan fingerprint density at radius 1 is 0.786 bits per heavy atom. The third kappa shape index (κ3) is 7.02. The van der Waals surface area contributed by atoms with E-state index in [0.29, 0.717) is 17.5 Å². The summed E-state index contributed by atoms with van der Waals surface area (Å²) in [6.07, 6.45) is 0.526. The molecule has 0 bridgehead atoms. The van der Waals surface area contributed by atoms with Crippen LogP contribution in [0.5, 0.6) is 0 Å². The van der Waals surface area contributed by atoms with Crippen molar-refractivity contribution < 1.29 is 9.59 Å². The van der Waals surface area contributed by atoms with E-state index < -0.39 is 0 Å². The van der Waals surface area contributed by atoms with Gasteiger partial charge in [-0.05, 0) is 12.5 Å². The number of benzene rings is 2. The van der Waals surface area contributed by atoms with E-state index in [4.69, 9.17) is 0 Å². The standard InChI is InChI=1S/C22H26N2O2.2ClH/c1-18(25)20-7-9-21(10-8-20)22(26)11-12-23-13-15-24(16-14-23)17-19-5-3-2-4-6-19;;/h2-10H,11-17H2,1H3;2*1H. The van der Waals surface area contributed by atoms with Crippen LogP contribution in [-0.4, -0.2) is 54.1 Å². The van der Waals surface area contributed by atoms with Crippen molar-refractivity contribution in [2.45, 2.75) is 19.9 Å². The smallest absolute Gasteiger partial charge is 0.164 e. The molecule has 1 saturated heterocycles. The molecule has 2 aromatic rings. The number of Topliss-reactive ketones (excluding diaryl/α,β-unsaturated/α-hetero) is 2. The van der Waals surface area contributed by atoms with Crippen molar-refractivity contribution >= 4 is 36.4 Å². The molecule has 0 aromatic heterocycles. The molecule has 1 fully saturated rings.